The molecule has 0 aliphatic heterocycles. The zero-order chi connectivity index (χ0) is 25.8. The Bertz CT molecular complexity index is 1040. The molecule has 0 aliphatic rings. The zero-order valence-electron chi connectivity index (χ0n) is 19.0. The number of hydrogen-bond donors (Lipinski definition) is 1. The molecule has 0 spiro atoms. The van der Waals surface area contributed by atoms with Crippen LogP contribution in [-0.4, -0.2) is 25.2 Å². The van der Waals surface area contributed by atoms with Gasteiger partial charge in [0.2, 0.25) is 5.91 Å². The summed E-state index contributed by atoms with van der Waals surface area (Å²) in [6, 6.07) is 7.78. The first kappa shape index (κ1) is 27.9. The molecule has 10 heteroatoms. The second-order valence-electron chi connectivity index (χ2n) is 8.34. The maximum atomic E-state index is 14.0. The van der Waals surface area contributed by atoms with Crippen molar-refractivity contribution in [3.8, 4) is 0 Å². The molecule has 0 radical (unpaired) electrons. The molecule has 2 rings (SSSR count). The van der Waals surface area contributed by atoms with Crippen molar-refractivity contribution in [3.05, 3.63) is 63.4 Å². The number of halogens is 6. The molecule has 0 saturated heterocycles. The van der Waals surface area contributed by atoms with Crippen molar-refractivity contribution in [1.29, 1.82) is 0 Å². The highest BCUT2D eigenvalue weighted by Crippen LogP contribution is 2.40. The number of esters is 1. The predicted octanol–water partition coefficient (Wildman–Crippen LogP) is 7.36. The summed E-state index contributed by atoms with van der Waals surface area (Å²) in [4.78, 5) is 24.9. The fourth-order valence-corrected chi connectivity index (χ4v) is 3.93. The highest BCUT2D eigenvalue weighted by atomic mass is 35.5. The topological polar surface area (TPSA) is 55.4 Å². The molecule has 0 saturated carbocycles. The number of ether oxygens (including phenoxy) is 1. The molecule has 1 N–H and O–H groups in total. The fourth-order valence-electron chi connectivity index (χ4n) is 3.64. The van der Waals surface area contributed by atoms with Gasteiger partial charge in [-0.3, -0.25) is 9.59 Å². The van der Waals surface area contributed by atoms with Crippen LogP contribution in [-0.2, 0) is 14.3 Å². The molecule has 3 atom stereocenters. The molecule has 1 unspecified atom stereocenters. The van der Waals surface area contributed by atoms with Gasteiger partial charge in [0.1, 0.15) is 5.82 Å². The first-order valence-electron chi connectivity index (χ1n) is 10.4. The molecule has 4 nitrogen and oxygen atoms in total. The summed E-state index contributed by atoms with van der Waals surface area (Å²) in [6.07, 6.45) is -4.66. The summed E-state index contributed by atoms with van der Waals surface area (Å²) in [5, 5.41) is 2.28. The fraction of sp³-hybridized carbons (Fsp3) is 0.417. The van der Waals surface area contributed by atoms with Gasteiger partial charge < -0.3 is 10.1 Å². The molecule has 0 bridgehead atoms. The van der Waals surface area contributed by atoms with Gasteiger partial charge in [-0.15, -0.1) is 0 Å². The summed E-state index contributed by atoms with van der Waals surface area (Å²) >= 11 is 11.9. The Hall–Kier alpha value is -2.32. The Morgan fingerprint density at radius 3 is 2.12 bits per heavy atom. The number of amides is 1. The summed E-state index contributed by atoms with van der Waals surface area (Å²) in [5.41, 5.74) is 0.550. The minimum Gasteiger partial charge on any atom is -0.469 e. The van der Waals surface area contributed by atoms with Gasteiger partial charge in [-0.05, 0) is 47.2 Å². The van der Waals surface area contributed by atoms with Gasteiger partial charge in [-0.2, -0.15) is 13.2 Å². The van der Waals surface area contributed by atoms with Gasteiger partial charge in [0.25, 0.3) is 0 Å². The molecule has 1 amide bonds. The van der Waals surface area contributed by atoms with Crippen LogP contribution in [0.1, 0.15) is 50.2 Å². The smallest absolute Gasteiger partial charge is 0.392 e. The lowest BCUT2D eigenvalue weighted by atomic mass is 9.85. The Labute approximate surface area is 205 Å². The second-order valence-corrected chi connectivity index (χ2v) is 9.16. The van der Waals surface area contributed by atoms with Gasteiger partial charge >= 0.3 is 12.1 Å². The van der Waals surface area contributed by atoms with E-state index in [1.165, 1.54) is 25.3 Å². The van der Waals surface area contributed by atoms with Crippen LogP contribution < -0.4 is 5.32 Å². The van der Waals surface area contributed by atoms with Gasteiger partial charge in [0, 0.05) is 0 Å². The third kappa shape index (κ3) is 6.85. The van der Waals surface area contributed by atoms with Crippen LogP contribution in [0.5, 0.6) is 0 Å². The number of rotatable bonds is 8. The van der Waals surface area contributed by atoms with Crippen molar-refractivity contribution < 1.29 is 31.9 Å². The van der Waals surface area contributed by atoms with Crippen LogP contribution in [0, 0.1) is 17.7 Å². The number of carbonyl (C=O) groups excluding carboxylic acids is 2. The monoisotopic (exact) mass is 521 g/mol. The second kappa shape index (κ2) is 11.4. The van der Waals surface area contributed by atoms with E-state index in [1.807, 2.05) is 13.8 Å². The zero-order valence-corrected chi connectivity index (χ0v) is 20.5. The van der Waals surface area contributed by atoms with E-state index in [-0.39, 0.29) is 39.6 Å². The first-order valence-corrected chi connectivity index (χ1v) is 11.2. The van der Waals surface area contributed by atoms with Crippen LogP contribution in [0.2, 0.25) is 10.0 Å². The van der Waals surface area contributed by atoms with E-state index in [0.717, 1.165) is 19.1 Å². The lowest BCUT2D eigenvalue weighted by Crippen LogP contribution is -2.34. The average molecular weight is 522 g/mol. The molecule has 186 valence electrons. The van der Waals surface area contributed by atoms with E-state index in [1.54, 1.807) is 6.07 Å². The van der Waals surface area contributed by atoms with Crippen molar-refractivity contribution in [3.63, 3.8) is 0 Å². The van der Waals surface area contributed by atoms with Gasteiger partial charge in [0.05, 0.1) is 41.1 Å². The van der Waals surface area contributed by atoms with Crippen molar-refractivity contribution in [1.82, 2.24) is 0 Å². The van der Waals surface area contributed by atoms with E-state index >= 15 is 0 Å². The third-order valence-electron chi connectivity index (χ3n) is 5.70. The maximum Gasteiger partial charge on any atom is 0.392 e. The highest BCUT2D eigenvalue weighted by Gasteiger charge is 2.45. The molecule has 0 aliphatic carbocycles. The normalized spacial score (nSPS) is 14.4. The minimum atomic E-state index is -4.73. The number of nitrogens with one attached hydrogen (secondary N) is 1. The van der Waals surface area contributed by atoms with Crippen LogP contribution in [0.3, 0.4) is 0 Å². The number of alkyl halides is 3. The van der Waals surface area contributed by atoms with E-state index in [4.69, 9.17) is 27.9 Å². The van der Waals surface area contributed by atoms with E-state index < -0.39 is 35.7 Å². The Kier molecular flexibility index (Phi) is 9.37. The van der Waals surface area contributed by atoms with Crippen molar-refractivity contribution in [2.45, 2.75) is 45.2 Å². The van der Waals surface area contributed by atoms with Gasteiger partial charge in [0.15, 0.2) is 0 Å². The van der Waals surface area contributed by atoms with E-state index in [9.17, 15) is 27.2 Å². The minimum absolute atomic E-state index is 0.0128. The SMILES string of the molecule is COC(=O)CC(c1ccc(Cl)c(NC(=O)[C@H](c2ccc(Cl)c(F)c2)[C@@H](C)C(F)(F)F)c1)C(C)C. The van der Waals surface area contributed by atoms with Crippen LogP contribution >= 0.6 is 23.2 Å². The van der Waals surface area contributed by atoms with Crippen molar-refractivity contribution in [2.24, 2.45) is 11.8 Å². The number of anilines is 1. The first-order chi connectivity index (χ1) is 15.8. The largest absolute Gasteiger partial charge is 0.469 e. The molecule has 0 aromatic heterocycles. The molecule has 2 aromatic carbocycles. The Balaban J connectivity index is 2.45. The Morgan fingerprint density at radius 1 is 1.00 bits per heavy atom. The number of carbonyl (C=O) groups is 2. The summed E-state index contributed by atoms with van der Waals surface area (Å²) in [6.45, 7) is 4.65. The highest BCUT2D eigenvalue weighted by molar-refractivity contribution is 6.33. The van der Waals surface area contributed by atoms with Crippen LogP contribution in [0.4, 0.5) is 23.2 Å². The van der Waals surface area contributed by atoms with Gasteiger partial charge in [-0.1, -0.05) is 56.1 Å². The molecular formula is C24H25Cl2F4NO3. The lowest BCUT2D eigenvalue weighted by molar-refractivity contribution is -0.178. The quantitative estimate of drug-likeness (QED) is 0.291. The third-order valence-corrected chi connectivity index (χ3v) is 6.33. The molecule has 34 heavy (non-hydrogen) atoms. The van der Waals surface area contributed by atoms with Crippen molar-refractivity contribution >= 4 is 40.8 Å². The maximum absolute atomic E-state index is 14.0. The average Bonchev–Trinajstić information content (AvgIpc) is 2.75. The standard InChI is InChI=1S/C24H25Cl2F4NO3/c1-12(2)16(11-21(32)34-4)14-5-8-18(26)20(10-14)31-23(33)22(13(3)24(28,29)30)15-6-7-17(25)19(27)9-15/h5-10,12-13,16,22H,11H2,1-4H3,(H,31,33)/t13-,16?,22+/m1/s1. The molecule has 2 aromatic rings. The molecule has 0 heterocycles. The van der Waals surface area contributed by atoms with Crippen molar-refractivity contribution in [2.75, 3.05) is 12.4 Å². The molecular weight excluding hydrogens is 497 g/mol. The summed E-state index contributed by atoms with van der Waals surface area (Å²) in [5.74, 6) is -6.54. The lowest BCUT2D eigenvalue weighted by Gasteiger charge is -2.26. The summed E-state index contributed by atoms with van der Waals surface area (Å²) in [7, 11) is 1.27. The predicted molar refractivity (Wildman–Crippen MR) is 124 cm³/mol. The van der Waals surface area contributed by atoms with E-state index in [0.29, 0.717) is 5.56 Å². The van der Waals surface area contributed by atoms with E-state index in [2.05, 4.69) is 5.32 Å². The molecule has 0 fully saturated rings. The number of benzene rings is 2. The number of hydrogen-bond acceptors (Lipinski definition) is 3. The Morgan fingerprint density at radius 2 is 1.59 bits per heavy atom. The van der Waals surface area contributed by atoms with Crippen LogP contribution in [0.25, 0.3) is 0 Å². The van der Waals surface area contributed by atoms with Crippen LogP contribution in [0.15, 0.2) is 36.4 Å². The van der Waals surface area contributed by atoms with Gasteiger partial charge in [-0.25, -0.2) is 4.39 Å². The summed E-state index contributed by atoms with van der Waals surface area (Å²) < 4.78 is 59.5. The number of methoxy groups -OCH3 is 1.